The highest BCUT2D eigenvalue weighted by molar-refractivity contribution is 7.09. The molecule has 0 unspecified atom stereocenters. The van der Waals surface area contributed by atoms with Crippen LogP contribution < -0.4 is 15.0 Å². The van der Waals surface area contributed by atoms with E-state index in [1.807, 2.05) is 17.5 Å². The summed E-state index contributed by atoms with van der Waals surface area (Å²) in [5.74, 6) is -0.384. The maximum atomic E-state index is 11.7. The summed E-state index contributed by atoms with van der Waals surface area (Å²) in [5.41, 5.74) is 0.815. The second-order valence-electron chi connectivity index (χ2n) is 5.95. The highest BCUT2D eigenvalue weighted by Gasteiger charge is 2.21. The zero-order valence-corrected chi connectivity index (χ0v) is 15.5. The third-order valence-electron chi connectivity index (χ3n) is 3.98. The number of esters is 1. The van der Waals surface area contributed by atoms with Gasteiger partial charge in [-0.2, -0.15) is 0 Å². The van der Waals surface area contributed by atoms with Crippen molar-refractivity contribution in [2.45, 2.75) is 19.4 Å². The Morgan fingerprint density at radius 3 is 2.63 bits per heavy atom. The Hall–Kier alpha value is -2.87. The van der Waals surface area contributed by atoms with Crippen molar-refractivity contribution in [2.24, 2.45) is 0 Å². The molecule has 1 aliphatic rings. The Kier molecular flexibility index (Phi) is 6.43. The molecule has 0 bridgehead atoms. The number of rotatable bonds is 8. The van der Waals surface area contributed by atoms with E-state index in [2.05, 4.69) is 5.32 Å². The Labute approximate surface area is 160 Å². The molecular formula is C19H20N2O5S. The molecular weight excluding hydrogens is 368 g/mol. The van der Waals surface area contributed by atoms with Crippen molar-refractivity contribution < 1.29 is 23.9 Å². The van der Waals surface area contributed by atoms with Crippen molar-refractivity contribution in [1.29, 1.82) is 0 Å². The predicted octanol–water partition coefficient (Wildman–Crippen LogP) is 2.11. The van der Waals surface area contributed by atoms with Gasteiger partial charge in [-0.15, -0.1) is 11.3 Å². The molecule has 1 aromatic heterocycles. The first kappa shape index (κ1) is 18.9. The highest BCUT2D eigenvalue weighted by atomic mass is 32.1. The fourth-order valence-electron chi connectivity index (χ4n) is 2.62. The Morgan fingerprint density at radius 2 is 1.96 bits per heavy atom. The van der Waals surface area contributed by atoms with Crippen molar-refractivity contribution in [2.75, 3.05) is 24.7 Å². The van der Waals surface area contributed by atoms with Crippen LogP contribution in [0, 0.1) is 0 Å². The second-order valence-corrected chi connectivity index (χ2v) is 6.98. The minimum absolute atomic E-state index is 0.115. The van der Waals surface area contributed by atoms with Crippen LogP contribution in [0.15, 0.2) is 41.8 Å². The number of hydrogen-bond donors (Lipinski definition) is 1. The van der Waals surface area contributed by atoms with E-state index in [0.717, 1.165) is 23.5 Å². The number of amides is 2. The van der Waals surface area contributed by atoms with Gasteiger partial charge in [-0.1, -0.05) is 6.07 Å². The first-order valence-corrected chi connectivity index (χ1v) is 9.48. The molecule has 0 spiro atoms. The fraction of sp³-hybridized carbons (Fsp3) is 0.316. The second kappa shape index (κ2) is 9.18. The zero-order chi connectivity index (χ0) is 19.1. The minimum Gasteiger partial charge on any atom is -0.482 e. The molecule has 3 rings (SSSR count). The number of nitrogens with one attached hydrogen (secondary N) is 1. The topological polar surface area (TPSA) is 84.9 Å². The number of ether oxygens (including phenoxy) is 2. The molecule has 2 heterocycles. The van der Waals surface area contributed by atoms with E-state index >= 15 is 0 Å². The lowest BCUT2D eigenvalue weighted by atomic mass is 10.3. The number of nitrogens with zero attached hydrogens (tertiary/aromatic N) is 1. The molecule has 1 fully saturated rings. The smallest absolute Gasteiger partial charge is 0.344 e. The first-order valence-electron chi connectivity index (χ1n) is 8.60. The number of carbonyl (C=O) groups is 3. The van der Waals surface area contributed by atoms with Gasteiger partial charge in [0.15, 0.2) is 13.2 Å². The van der Waals surface area contributed by atoms with Crippen LogP contribution in [-0.2, 0) is 25.7 Å². The van der Waals surface area contributed by atoms with Gasteiger partial charge in [0.2, 0.25) is 5.91 Å². The molecule has 7 nitrogen and oxygen atoms in total. The van der Waals surface area contributed by atoms with Crippen LogP contribution in [0.1, 0.15) is 17.7 Å². The SMILES string of the molecule is O=C(COC(=O)COc1ccc(N2CCCC2=O)cc1)NCc1cccs1. The fourth-order valence-corrected chi connectivity index (χ4v) is 3.27. The zero-order valence-electron chi connectivity index (χ0n) is 14.7. The molecule has 142 valence electrons. The van der Waals surface area contributed by atoms with Crippen molar-refractivity contribution >= 4 is 34.8 Å². The summed E-state index contributed by atoms with van der Waals surface area (Å²) >= 11 is 1.54. The number of carbonyl (C=O) groups excluding carboxylic acids is 3. The largest absolute Gasteiger partial charge is 0.482 e. The van der Waals surface area contributed by atoms with E-state index in [-0.39, 0.29) is 25.0 Å². The Morgan fingerprint density at radius 1 is 1.15 bits per heavy atom. The quantitative estimate of drug-likeness (QED) is 0.700. The summed E-state index contributed by atoms with van der Waals surface area (Å²) in [6.45, 7) is 0.500. The van der Waals surface area contributed by atoms with E-state index in [1.54, 1.807) is 29.2 Å². The van der Waals surface area contributed by atoms with Crippen molar-refractivity contribution in [3.63, 3.8) is 0 Å². The Bertz CT molecular complexity index is 789. The van der Waals surface area contributed by atoms with Crippen LogP contribution in [0.5, 0.6) is 5.75 Å². The van der Waals surface area contributed by atoms with E-state index in [0.29, 0.717) is 18.7 Å². The third kappa shape index (κ3) is 5.55. The number of thiophene rings is 1. The van der Waals surface area contributed by atoms with Gasteiger partial charge in [0.1, 0.15) is 5.75 Å². The van der Waals surface area contributed by atoms with Gasteiger partial charge in [-0.3, -0.25) is 9.59 Å². The molecule has 8 heteroatoms. The summed E-state index contributed by atoms with van der Waals surface area (Å²) in [7, 11) is 0. The molecule has 1 aromatic carbocycles. The number of hydrogen-bond acceptors (Lipinski definition) is 6. The molecule has 1 saturated heterocycles. The van der Waals surface area contributed by atoms with Crippen LogP contribution in [0.25, 0.3) is 0 Å². The van der Waals surface area contributed by atoms with Crippen LogP contribution in [0.2, 0.25) is 0 Å². The summed E-state index contributed by atoms with van der Waals surface area (Å²) in [4.78, 5) is 37.8. The van der Waals surface area contributed by atoms with Gasteiger partial charge < -0.3 is 19.7 Å². The molecule has 2 amide bonds. The summed E-state index contributed by atoms with van der Waals surface area (Å²) in [5, 5.41) is 4.60. The van der Waals surface area contributed by atoms with Crippen molar-refractivity contribution in [1.82, 2.24) is 5.32 Å². The monoisotopic (exact) mass is 388 g/mol. The summed E-state index contributed by atoms with van der Waals surface area (Å²) < 4.78 is 10.2. The van der Waals surface area contributed by atoms with Crippen LogP contribution in [0.4, 0.5) is 5.69 Å². The molecule has 0 saturated carbocycles. The van der Waals surface area contributed by atoms with Crippen LogP contribution >= 0.6 is 11.3 Å². The molecule has 0 radical (unpaired) electrons. The van der Waals surface area contributed by atoms with Gasteiger partial charge in [0, 0.05) is 23.5 Å². The third-order valence-corrected chi connectivity index (χ3v) is 4.86. The summed E-state index contributed by atoms with van der Waals surface area (Å²) in [6, 6.07) is 10.8. The Balaban J connectivity index is 1.36. The minimum atomic E-state index is -0.625. The van der Waals surface area contributed by atoms with Gasteiger partial charge in [0.25, 0.3) is 5.91 Å². The average molecular weight is 388 g/mol. The highest BCUT2D eigenvalue weighted by Crippen LogP contribution is 2.23. The van der Waals surface area contributed by atoms with Gasteiger partial charge in [-0.05, 0) is 42.1 Å². The lowest BCUT2D eigenvalue weighted by molar-refractivity contribution is -0.150. The van der Waals surface area contributed by atoms with Crippen molar-refractivity contribution in [3.8, 4) is 5.75 Å². The maximum Gasteiger partial charge on any atom is 0.344 e. The molecule has 0 atom stereocenters. The summed E-state index contributed by atoms with van der Waals surface area (Å²) in [6.07, 6.45) is 1.44. The van der Waals surface area contributed by atoms with Gasteiger partial charge >= 0.3 is 5.97 Å². The molecule has 1 aliphatic heterocycles. The van der Waals surface area contributed by atoms with Gasteiger partial charge in [0.05, 0.1) is 6.54 Å². The van der Waals surface area contributed by atoms with E-state index in [9.17, 15) is 14.4 Å². The van der Waals surface area contributed by atoms with E-state index in [4.69, 9.17) is 9.47 Å². The molecule has 27 heavy (non-hydrogen) atoms. The maximum absolute atomic E-state index is 11.7. The van der Waals surface area contributed by atoms with Crippen LogP contribution in [-0.4, -0.2) is 37.5 Å². The predicted molar refractivity (Wildman–Crippen MR) is 101 cm³/mol. The number of anilines is 1. The first-order chi connectivity index (χ1) is 13.1. The van der Waals surface area contributed by atoms with E-state index in [1.165, 1.54) is 11.3 Å². The standard InChI is InChI=1S/C19H20N2O5S/c22-17(20-11-16-3-2-10-27-16)12-26-19(24)13-25-15-7-5-14(6-8-15)21-9-1-4-18(21)23/h2-3,5-8,10H,1,4,9,11-13H2,(H,20,22). The molecule has 1 N–H and O–H groups in total. The lowest BCUT2D eigenvalue weighted by Crippen LogP contribution is -2.29. The van der Waals surface area contributed by atoms with Gasteiger partial charge in [-0.25, -0.2) is 4.79 Å². The van der Waals surface area contributed by atoms with Crippen molar-refractivity contribution in [3.05, 3.63) is 46.7 Å². The lowest BCUT2D eigenvalue weighted by Gasteiger charge is -2.16. The van der Waals surface area contributed by atoms with Crippen LogP contribution in [0.3, 0.4) is 0 Å². The molecule has 0 aliphatic carbocycles. The molecule has 2 aromatic rings. The average Bonchev–Trinajstić information content (AvgIpc) is 3.35. The van der Waals surface area contributed by atoms with E-state index < -0.39 is 5.97 Å². The normalized spacial score (nSPS) is 13.5. The number of benzene rings is 1.